The molecule has 3 heterocycles. The predicted molar refractivity (Wildman–Crippen MR) is 82.3 cm³/mol. The molecule has 96 valence electrons. The van der Waals surface area contributed by atoms with Crippen LogP contribution in [0.4, 0.5) is 0 Å². The van der Waals surface area contributed by atoms with Gasteiger partial charge in [-0.05, 0) is 19.8 Å². The maximum Gasteiger partial charge on any atom is 0.142 e. The van der Waals surface area contributed by atoms with E-state index in [0.717, 1.165) is 26.3 Å². The first kappa shape index (κ1) is 12.6. The van der Waals surface area contributed by atoms with Crippen molar-refractivity contribution in [2.75, 3.05) is 32.5 Å². The fraction of sp³-hybridized carbons (Fsp3) is 0.385. The first-order valence-corrected chi connectivity index (χ1v) is 10.0. The van der Waals surface area contributed by atoms with E-state index in [1.165, 1.54) is 6.17 Å². The van der Waals surface area contributed by atoms with Crippen LogP contribution in [0.5, 0.6) is 0 Å². The van der Waals surface area contributed by atoms with Crippen molar-refractivity contribution < 1.29 is 4.74 Å². The highest BCUT2D eigenvalue weighted by atomic mass is 32.1. The molecule has 2 nitrogen and oxygen atoms in total. The molecule has 0 N–H and O–H groups in total. The number of nitrogens with zero attached hydrogens (tertiary/aromatic N) is 1. The number of hydrogen-bond acceptors (Lipinski definition) is 4. The summed E-state index contributed by atoms with van der Waals surface area (Å²) >= 11 is 3.86. The van der Waals surface area contributed by atoms with Gasteiger partial charge in [-0.1, -0.05) is 24.3 Å². The number of ether oxygens (including phenoxy) is 1. The Kier molecular flexibility index (Phi) is 4.27. The van der Waals surface area contributed by atoms with Gasteiger partial charge in [-0.25, -0.2) is 0 Å². The second-order valence-electron chi connectivity index (χ2n) is 4.50. The van der Waals surface area contributed by atoms with Crippen molar-refractivity contribution in [2.24, 2.45) is 0 Å². The Morgan fingerprint density at radius 2 is 1.67 bits per heavy atom. The lowest BCUT2D eigenvalue weighted by Crippen LogP contribution is -2.51. The van der Waals surface area contributed by atoms with E-state index < -0.39 is 8.80 Å². The summed E-state index contributed by atoms with van der Waals surface area (Å²) in [6.45, 7) is 3.99. The highest BCUT2D eigenvalue weighted by Gasteiger charge is 2.23. The van der Waals surface area contributed by atoms with E-state index >= 15 is 0 Å². The highest BCUT2D eigenvalue weighted by molar-refractivity contribution is 7.31. The van der Waals surface area contributed by atoms with Crippen LogP contribution in [0, 0.1) is 0 Å². The van der Waals surface area contributed by atoms with Crippen LogP contribution in [0.3, 0.4) is 0 Å². The summed E-state index contributed by atoms with van der Waals surface area (Å²) in [6.07, 6.45) is 1.25. The van der Waals surface area contributed by atoms with E-state index in [1.54, 1.807) is 9.00 Å². The van der Waals surface area contributed by atoms with Gasteiger partial charge in [0.2, 0.25) is 0 Å². The van der Waals surface area contributed by atoms with Crippen molar-refractivity contribution in [2.45, 2.75) is 0 Å². The summed E-state index contributed by atoms with van der Waals surface area (Å²) in [5.41, 5.74) is 0. The third kappa shape index (κ3) is 2.92. The average molecular weight is 296 g/mol. The van der Waals surface area contributed by atoms with Gasteiger partial charge in [0, 0.05) is 19.3 Å². The summed E-state index contributed by atoms with van der Waals surface area (Å²) in [7, 11) is -1.02. The maximum atomic E-state index is 5.44. The molecule has 1 aliphatic heterocycles. The molecule has 0 unspecified atom stereocenters. The Hall–Kier alpha value is -0.463. The second-order valence-corrected chi connectivity index (χ2v) is 10.0. The molecular weight excluding hydrogens is 278 g/mol. The zero-order valence-corrected chi connectivity index (χ0v) is 13.0. The molecule has 0 atom stereocenters. The van der Waals surface area contributed by atoms with Crippen LogP contribution in [0.2, 0.25) is 0 Å². The maximum absolute atomic E-state index is 5.44. The van der Waals surface area contributed by atoms with Crippen molar-refractivity contribution in [3.05, 3.63) is 35.0 Å². The van der Waals surface area contributed by atoms with Crippen LogP contribution in [0.15, 0.2) is 35.0 Å². The first-order valence-electron chi connectivity index (χ1n) is 6.30. The SMILES string of the molecule is c1csc([SiH](CN2CCOCC2)c2cccs2)c1. The van der Waals surface area contributed by atoms with Gasteiger partial charge in [-0.3, -0.25) is 0 Å². The van der Waals surface area contributed by atoms with Gasteiger partial charge in [0.15, 0.2) is 0 Å². The molecular formula is C13H17NOS2Si. The third-order valence-corrected chi connectivity index (χ3v) is 9.88. The molecule has 2 aromatic heterocycles. The van der Waals surface area contributed by atoms with Gasteiger partial charge in [-0.15, -0.1) is 0 Å². The van der Waals surface area contributed by atoms with E-state index in [9.17, 15) is 0 Å². The Morgan fingerprint density at radius 1 is 1.06 bits per heavy atom. The molecule has 0 saturated carbocycles. The molecule has 2 aromatic rings. The number of hydrogen-bond donors (Lipinski definition) is 0. The zero-order valence-electron chi connectivity index (χ0n) is 10.2. The normalized spacial score (nSPS) is 17.4. The van der Waals surface area contributed by atoms with Crippen molar-refractivity contribution in [3.63, 3.8) is 0 Å². The van der Waals surface area contributed by atoms with Crippen molar-refractivity contribution in [1.82, 2.24) is 4.90 Å². The van der Waals surface area contributed by atoms with Crippen molar-refractivity contribution in [3.8, 4) is 0 Å². The molecule has 1 aliphatic rings. The van der Waals surface area contributed by atoms with Gasteiger partial charge in [0.1, 0.15) is 8.80 Å². The molecule has 0 aliphatic carbocycles. The highest BCUT2D eigenvalue weighted by Crippen LogP contribution is 2.05. The minimum Gasteiger partial charge on any atom is -0.379 e. The van der Waals surface area contributed by atoms with Crippen LogP contribution < -0.4 is 9.00 Å². The van der Waals surface area contributed by atoms with E-state index in [-0.39, 0.29) is 0 Å². The van der Waals surface area contributed by atoms with Crippen LogP contribution in [0.25, 0.3) is 0 Å². The molecule has 0 spiro atoms. The van der Waals surface area contributed by atoms with Gasteiger partial charge in [-0.2, -0.15) is 22.7 Å². The van der Waals surface area contributed by atoms with Crippen molar-refractivity contribution in [1.29, 1.82) is 0 Å². The van der Waals surface area contributed by atoms with Gasteiger partial charge >= 0.3 is 0 Å². The lowest BCUT2D eigenvalue weighted by atomic mass is 10.5. The van der Waals surface area contributed by atoms with Crippen LogP contribution in [0.1, 0.15) is 0 Å². The smallest absolute Gasteiger partial charge is 0.142 e. The van der Waals surface area contributed by atoms with Gasteiger partial charge in [0.25, 0.3) is 0 Å². The Bertz CT molecular complexity index is 417. The summed E-state index contributed by atoms with van der Waals surface area (Å²) < 4.78 is 8.67. The largest absolute Gasteiger partial charge is 0.379 e. The lowest BCUT2D eigenvalue weighted by Gasteiger charge is -2.29. The minimum atomic E-state index is -1.02. The van der Waals surface area contributed by atoms with Gasteiger partial charge in [0.05, 0.1) is 13.2 Å². The molecule has 0 radical (unpaired) electrons. The third-order valence-electron chi connectivity index (χ3n) is 3.32. The summed E-state index contributed by atoms with van der Waals surface area (Å²) in [6, 6.07) is 9.02. The van der Waals surface area contributed by atoms with Crippen molar-refractivity contribution >= 4 is 40.5 Å². The summed E-state index contributed by atoms with van der Waals surface area (Å²) in [4.78, 5) is 2.58. The molecule has 3 rings (SSSR count). The monoisotopic (exact) mass is 295 g/mol. The Labute approximate surface area is 117 Å². The van der Waals surface area contributed by atoms with Crippen LogP contribution >= 0.6 is 22.7 Å². The molecule has 0 aromatic carbocycles. The number of morpholine rings is 1. The topological polar surface area (TPSA) is 12.5 Å². The van der Waals surface area contributed by atoms with E-state index in [1.807, 2.05) is 22.7 Å². The van der Waals surface area contributed by atoms with Crippen LogP contribution in [-0.2, 0) is 4.74 Å². The summed E-state index contributed by atoms with van der Waals surface area (Å²) in [5, 5.41) is 4.42. The van der Waals surface area contributed by atoms with Gasteiger partial charge < -0.3 is 9.64 Å². The molecule has 0 bridgehead atoms. The second kappa shape index (κ2) is 6.12. The fourth-order valence-electron chi connectivity index (χ4n) is 2.34. The molecule has 0 amide bonds. The quantitative estimate of drug-likeness (QED) is 0.781. The molecule has 18 heavy (non-hydrogen) atoms. The predicted octanol–water partition coefficient (Wildman–Crippen LogP) is 1.02. The van der Waals surface area contributed by atoms with Crippen LogP contribution in [-0.4, -0.2) is 46.2 Å². The van der Waals surface area contributed by atoms with E-state index in [4.69, 9.17) is 4.74 Å². The number of rotatable bonds is 4. The van der Waals surface area contributed by atoms with E-state index in [2.05, 4.69) is 39.9 Å². The molecule has 1 saturated heterocycles. The summed E-state index contributed by atoms with van der Waals surface area (Å²) in [5.74, 6) is 0. The fourth-order valence-corrected chi connectivity index (χ4v) is 8.71. The molecule has 5 heteroatoms. The number of thiophene rings is 2. The Balaban J connectivity index is 1.77. The Morgan fingerprint density at radius 3 is 2.17 bits per heavy atom. The zero-order chi connectivity index (χ0) is 12.2. The standard InChI is InChI=1S/C13H17NOS2Si/c1-3-12(16-9-1)18(13-4-2-10-17-13)11-14-5-7-15-8-6-14/h1-4,9-10,18H,5-8,11H2. The average Bonchev–Trinajstić information content (AvgIpc) is 3.11. The minimum absolute atomic E-state index is 0.899. The lowest BCUT2D eigenvalue weighted by molar-refractivity contribution is 0.0461. The molecule has 1 fully saturated rings. The van der Waals surface area contributed by atoms with E-state index in [0.29, 0.717) is 0 Å². The first-order chi connectivity index (χ1) is 8.93.